The topological polar surface area (TPSA) is 92.6 Å². The van der Waals surface area contributed by atoms with Crippen LogP contribution in [0.2, 0.25) is 5.02 Å². The van der Waals surface area contributed by atoms with E-state index in [4.69, 9.17) is 16.3 Å². The number of thioether (sulfide) groups is 1. The summed E-state index contributed by atoms with van der Waals surface area (Å²) in [5.41, 5.74) is 1.37. The second-order valence-corrected chi connectivity index (χ2v) is 12.1. The minimum absolute atomic E-state index is 0.0744. The number of hydrogen-bond acceptors (Lipinski definition) is 8. The van der Waals surface area contributed by atoms with E-state index in [1.165, 1.54) is 22.7 Å². The highest BCUT2D eigenvalue weighted by Gasteiger charge is 2.48. The molecule has 1 fully saturated rings. The zero-order valence-electron chi connectivity index (χ0n) is 22.6. The Morgan fingerprint density at radius 3 is 2.50 bits per heavy atom. The summed E-state index contributed by atoms with van der Waals surface area (Å²) in [4.78, 5) is 28.1. The van der Waals surface area contributed by atoms with E-state index in [-0.39, 0.29) is 22.3 Å². The van der Waals surface area contributed by atoms with Crippen LogP contribution in [0.5, 0.6) is 5.75 Å². The first-order valence-electron chi connectivity index (χ1n) is 13.4. The van der Waals surface area contributed by atoms with Crippen molar-refractivity contribution in [3.8, 4) is 5.75 Å². The van der Waals surface area contributed by atoms with Crippen LogP contribution in [-0.2, 0) is 15.3 Å². The lowest BCUT2D eigenvalue weighted by Gasteiger charge is -2.22. The fourth-order valence-corrected chi connectivity index (χ4v) is 6.49. The van der Waals surface area contributed by atoms with Crippen molar-refractivity contribution in [1.82, 2.24) is 10.2 Å². The van der Waals surface area contributed by atoms with Gasteiger partial charge in [0.2, 0.25) is 5.13 Å². The maximum Gasteiger partial charge on any atom is 0.301 e. The monoisotopic (exact) mass is 623 g/mol. The molecule has 1 aliphatic heterocycles. The molecule has 5 rings (SSSR count). The van der Waals surface area contributed by atoms with Gasteiger partial charge in [0.15, 0.2) is 4.34 Å². The Balaban J connectivity index is 1.49. The number of aromatic nitrogens is 2. The molecule has 2 heterocycles. The van der Waals surface area contributed by atoms with Crippen LogP contribution in [0.15, 0.2) is 82.7 Å². The van der Waals surface area contributed by atoms with Gasteiger partial charge in [-0.2, -0.15) is 0 Å². The Hall–Kier alpha value is -3.73. The van der Waals surface area contributed by atoms with Crippen LogP contribution < -0.4 is 9.64 Å². The summed E-state index contributed by atoms with van der Waals surface area (Å²) in [5.74, 6) is -1.34. The molecular formula is C31H27ClFN3O4S2. The van der Waals surface area contributed by atoms with Crippen molar-refractivity contribution in [1.29, 1.82) is 0 Å². The zero-order valence-corrected chi connectivity index (χ0v) is 25.0. The highest BCUT2D eigenvalue weighted by Crippen LogP contribution is 2.44. The van der Waals surface area contributed by atoms with Crippen molar-refractivity contribution in [3.05, 3.63) is 106 Å². The molecule has 0 spiro atoms. The number of rotatable bonds is 11. The van der Waals surface area contributed by atoms with Crippen molar-refractivity contribution in [2.45, 2.75) is 42.3 Å². The lowest BCUT2D eigenvalue weighted by Crippen LogP contribution is -2.29. The van der Waals surface area contributed by atoms with Crippen molar-refractivity contribution in [2.24, 2.45) is 0 Å². The standard InChI is InChI=1S/C31H27ClFN3O4S2/c1-2-3-6-17-40-23-15-11-19(12-16-23)26-25(27(37)20-9-13-22(32)14-10-20)28(38)29(39)36(26)30-34-35-31(42-30)41-18-21-7-4-5-8-24(21)33/h4-5,7-16,26,37H,2-3,6,17-18H2,1H3/b27-25-. The number of ether oxygens (including phenoxy) is 1. The first-order chi connectivity index (χ1) is 20.4. The lowest BCUT2D eigenvalue weighted by atomic mass is 9.95. The molecule has 0 bridgehead atoms. The van der Waals surface area contributed by atoms with Crippen LogP contribution in [0.25, 0.3) is 5.76 Å². The number of carbonyl (C=O) groups is 2. The van der Waals surface area contributed by atoms with E-state index in [0.717, 1.165) is 30.6 Å². The van der Waals surface area contributed by atoms with Gasteiger partial charge < -0.3 is 9.84 Å². The number of benzene rings is 3. The number of halogens is 2. The zero-order chi connectivity index (χ0) is 29.6. The molecule has 0 radical (unpaired) electrons. The van der Waals surface area contributed by atoms with Crippen LogP contribution in [0, 0.1) is 5.82 Å². The summed E-state index contributed by atoms with van der Waals surface area (Å²) >= 11 is 8.42. The fourth-order valence-electron chi connectivity index (χ4n) is 4.51. The summed E-state index contributed by atoms with van der Waals surface area (Å²) in [6.45, 7) is 2.71. The summed E-state index contributed by atoms with van der Waals surface area (Å²) < 4.78 is 20.4. The number of hydrogen-bond donors (Lipinski definition) is 1. The van der Waals surface area contributed by atoms with Crippen molar-refractivity contribution >= 4 is 57.3 Å². The van der Waals surface area contributed by atoms with Gasteiger partial charge in [-0.05, 0) is 60.0 Å². The highest BCUT2D eigenvalue weighted by atomic mass is 35.5. The van der Waals surface area contributed by atoms with E-state index in [1.807, 2.05) is 0 Å². The number of nitrogens with zero attached hydrogens (tertiary/aromatic N) is 3. The van der Waals surface area contributed by atoms with Gasteiger partial charge in [0.05, 0.1) is 18.2 Å². The van der Waals surface area contributed by atoms with E-state index < -0.39 is 17.7 Å². The van der Waals surface area contributed by atoms with Gasteiger partial charge in [-0.15, -0.1) is 10.2 Å². The number of anilines is 1. The second-order valence-electron chi connectivity index (χ2n) is 9.53. The fraction of sp³-hybridized carbons (Fsp3) is 0.226. The minimum atomic E-state index is -0.966. The average molecular weight is 624 g/mol. The summed E-state index contributed by atoms with van der Waals surface area (Å²) in [6, 6.07) is 18.9. The van der Waals surface area contributed by atoms with E-state index in [1.54, 1.807) is 66.7 Å². The molecule has 42 heavy (non-hydrogen) atoms. The summed E-state index contributed by atoms with van der Waals surface area (Å²) in [5, 5.41) is 20.3. The lowest BCUT2D eigenvalue weighted by molar-refractivity contribution is -0.132. The molecule has 1 unspecified atom stereocenters. The Labute approximate surface area is 256 Å². The van der Waals surface area contributed by atoms with Gasteiger partial charge in [-0.1, -0.05) is 84.8 Å². The minimum Gasteiger partial charge on any atom is -0.507 e. The molecule has 3 aromatic carbocycles. The van der Waals surface area contributed by atoms with Gasteiger partial charge in [0.25, 0.3) is 5.78 Å². The maximum atomic E-state index is 14.1. The SMILES string of the molecule is CCCCCOc1ccc(C2/C(=C(/O)c3ccc(Cl)cc3)C(=O)C(=O)N2c2nnc(SCc3ccccc3F)s2)cc1. The summed E-state index contributed by atoms with van der Waals surface area (Å²) in [7, 11) is 0. The number of aliphatic hydroxyl groups is 1. The molecule has 1 amide bonds. The molecule has 0 saturated carbocycles. The Morgan fingerprint density at radius 2 is 1.79 bits per heavy atom. The number of aliphatic hydroxyl groups excluding tert-OH is 1. The smallest absolute Gasteiger partial charge is 0.301 e. The van der Waals surface area contributed by atoms with Gasteiger partial charge in [-0.3, -0.25) is 14.5 Å². The molecule has 11 heteroatoms. The largest absolute Gasteiger partial charge is 0.507 e. The van der Waals surface area contributed by atoms with Crippen LogP contribution >= 0.6 is 34.7 Å². The molecule has 1 saturated heterocycles. The van der Waals surface area contributed by atoms with Gasteiger partial charge >= 0.3 is 5.91 Å². The molecule has 0 aliphatic carbocycles. The van der Waals surface area contributed by atoms with Gasteiger partial charge in [0.1, 0.15) is 17.3 Å². The summed E-state index contributed by atoms with van der Waals surface area (Å²) in [6.07, 6.45) is 3.09. The third kappa shape index (κ3) is 6.51. The third-order valence-corrected chi connectivity index (χ3v) is 9.04. The van der Waals surface area contributed by atoms with Crippen LogP contribution in [0.1, 0.15) is 48.9 Å². The van der Waals surface area contributed by atoms with Crippen LogP contribution in [0.3, 0.4) is 0 Å². The second kappa shape index (κ2) is 13.5. The molecule has 1 aliphatic rings. The van der Waals surface area contributed by atoms with Crippen molar-refractivity contribution in [2.75, 3.05) is 11.5 Å². The molecular weight excluding hydrogens is 597 g/mol. The Bertz CT molecular complexity index is 1610. The molecule has 4 aromatic rings. The molecule has 216 valence electrons. The maximum absolute atomic E-state index is 14.1. The van der Waals surface area contributed by atoms with Crippen LogP contribution in [0.4, 0.5) is 9.52 Å². The van der Waals surface area contributed by atoms with E-state index in [2.05, 4.69) is 17.1 Å². The number of unbranched alkanes of at least 4 members (excludes halogenated alkanes) is 2. The predicted octanol–water partition coefficient (Wildman–Crippen LogP) is 7.82. The van der Waals surface area contributed by atoms with E-state index >= 15 is 0 Å². The van der Waals surface area contributed by atoms with Crippen molar-refractivity contribution < 1.29 is 23.8 Å². The number of carbonyl (C=O) groups excluding carboxylic acids is 2. The molecule has 1 N–H and O–H groups in total. The Morgan fingerprint density at radius 1 is 1.05 bits per heavy atom. The third-order valence-electron chi connectivity index (χ3n) is 6.69. The molecule has 1 aromatic heterocycles. The Kier molecular flexibility index (Phi) is 9.56. The molecule has 1 atom stereocenters. The normalized spacial score (nSPS) is 16.3. The first-order valence-corrected chi connectivity index (χ1v) is 15.5. The van der Waals surface area contributed by atoms with Gasteiger partial charge in [0, 0.05) is 16.3 Å². The average Bonchev–Trinajstić information content (AvgIpc) is 3.57. The highest BCUT2D eigenvalue weighted by molar-refractivity contribution is 8.00. The molecule has 7 nitrogen and oxygen atoms in total. The van der Waals surface area contributed by atoms with Crippen molar-refractivity contribution in [3.63, 3.8) is 0 Å². The number of Topliss-reactive ketones (excluding diaryl/α,β-unsaturated/α-hetero) is 1. The van der Waals surface area contributed by atoms with Gasteiger partial charge in [-0.25, -0.2) is 4.39 Å². The number of ketones is 1. The predicted molar refractivity (Wildman–Crippen MR) is 164 cm³/mol. The quantitative estimate of drug-likeness (QED) is 0.0455. The number of amides is 1. The van der Waals surface area contributed by atoms with E-state index in [9.17, 15) is 19.1 Å². The van der Waals surface area contributed by atoms with Crippen LogP contribution in [-0.4, -0.2) is 33.6 Å². The van der Waals surface area contributed by atoms with E-state index in [0.29, 0.717) is 44.2 Å². The first kappa shape index (κ1) is 29.8.